The van der Waals surface area contributed by atoms with Crippen LogP contribution < -0.4 is 19.5 Å². The van der Waals surface area contributed by atoms with Gasteiger partial charge in [-0.2, -0.15) is 0 Å². The largest absolute Gasteiger partial charge is 0.486 e. The van der Waals surface area contributed by atoms with Crippen LogP contribution in [0.4, 0.5) is 10.5 Å². The van der Waals surface area contributed by atoms with Crippen LogP contribution in [0.3, 0.4) is 0 Å². The summed E-state index contributed by atoms with van der Waals surface area (Å²) in [5.41, 5.74) is 6.60. The molecule has 0 atom stereocenters. The van der Waals surface area contributed by atoms with Crippen LogP contribution >= 0.6 is 11.9 Å². The first-order valence-electron chi connectivity index (χ1n) is 9.58. The van der Waals surface area contributed by atoms with E-state index < -0.39 is 0 Å². The van der Waals surface area contributed by atoms with Gasteiger partial charge in [-0.1, -0.05) is 6.07 Å². The number of rotatable bonds is 3. The zero-order valence-corrected chi connectivity index (χ0v) is 15.9. The van der Waals surface area contributed by atoms with Crippen molar-refractivity contribution in [2.24, 2.45) is 0 Å². The van der Waals surface area contributed by atoms with Crippen molar-refractivity contribution in [1.82, 2.24) is 4.72 Å². The molecular formula is C21H22N2O3S. The van der Waals surface area contributed by atoms with Crippen LogP contribution in [-0.4, -0.2) is 19.2 Å². The predicted octanol–water partition coefficient (Wildman–Crippen LogP) is 4.26. The Morgan fingerprint density at radius 1 is 0.889 bits per heavy atom. The summed E-state index contributed by atoms with van der Waals surface area (Å²) >= 11 is 1.29. The van der Waals surface area contributed by atoms with Crippen molar-refractivity contribution >= 4 is 23.7 Å². The Morgan fingerprint density at radius 2 is 1.59 bits per heavy atom. The minimum Gasteiger partial charge on any atom is -0.486 e. The predicted molar refractivity (Wildman–Crippen MR) is 106 cm³/mol. The van der Waals surface area contributed by atoms with Gasteiger partial charge in [0.15, 0.2) is 11.5 Å². The van der Waals surface area contributed by atoms with Crippen LogP contribution in [0.5, 0.6) is 11.5 Å². The van der Waals surface area contributed by atoms with E-state index in [0.29, 0.717) is 13.2 Å². The van der Waals surface area contributed by atoms with Gasteiger partial charge in [0.05, 0.1) is 0 Å². The van der Waals surface area contributed by atoms with E-state index in [2.05, 4.69) is 16.1 Å². The Labute approximate surface area is 163 Å². The number of nitrogens with one attached hydrogen (secondary N) is 2. The van der Waals surface area contributed by atoms with Gasteiger partial charge in [-0.05, 0) is 90.9 Å². The number of aryl methyl sites for hydroxylation is 2. The molecule has 5 rings (SSSR count). The van der Waals surface area contributed by atoms with E-state index in [9.17, 15) is 4.79 Å². The normalized spacial score (nSPS) is 16.6. The first kappa shape index (κ1) is 16.8. The Morgan fingerprint density at radius 3 is 2.33 bits per heavy atom. The molecule has 1 heterocycles. The van der Waals surface area contributed by atoms with Crippen LogP contribution in [0.1, 0.15) is 35.1 Å². The molecule has 27 heavy (non-hydrogen) atoms. The molecule has 2 N–H and O–H groups in total. The van der Waals surface area contributed by atoms with Crippen LogP contribution in [-0.2, 0) is 25.7 Å². The highest BCUT2D eigenvalue weighted by molar-refractivity contribution is 7.98. The molecule has 2 aromatic carbocycles. The molecule has 140 valence electrons. The summed E-state index contributed by atoms with van der Waals surface area (Å²) in [6, 6.07) is 7.91. The number of carbonyl (C=O) groups is 1. The lowest BCUT2D eigenvalue weighted by Crippen LogP contribution is -2.24. The second-order valence-electron chi connectivity index (χ2n) is 7.20. The third kappa shape index (κ3) is 3.23. The van der Waals surface area contributed by atoms with E-state index in [1.165, 1.54) is 47.0 Å². The van der Waals surface area contributed by atoms with Crippen molar-refractivity contribution in [3.8, 4) is 11.5 Å². The summed E-state index contributed by atoms with van der Waals surface area (Å²) in [6.07, 6.45) is 6.75. The van der Waals surface area contributed by atoms with Gasteiger partial charge in [0, 0.05) is 10.6 Å². The van der Waals surface area contributed by atoms with E-state index in [4.69, 9.17) is 9.47 Å². The molecule has 0 aromatic heterocycles. The fourth-order valence-corrected chi connectivity index (χ4v) is 4.86. The number of carbonyl (C=O) groups excluding carboxylic acids is 1. The summed E-state index contributed by atoms with van der Waals surface area (Å²) in [5.74, 6) is 1.48. The minimum absolute atomic E-state index is 0.177. The molecule has 6 heteroatoms. The van der Waals surface area contributed by atoms with Crippen molar-refractivity contribution < 1.29 is 14.3 Å². The molecule has 2 aromatic rings. The van der Waals surface area contributed by atoms with Gasteiger partial charge < -0.3 is 14.8 Å². The summed E-state index contributed by atoms with van der Waals surface area (Å²) in [6.45, 7) is 1.13. The van der Waals surface area contributed by atoms with E-state index in [0.717, 1.165) is 47.8 Å². The summed E-state index contributed by atoms with van der Waals surface area (Å²) in [5, 5.41) is 3.15. The fraction of sp³-hybridized carbons (Fsp3) is 0.381. The quantitative estimate of drug-likeness (QED) is 0.779. The number of amides is 2. The minimum atomic E-state index is -0.177. The van der Waals surface area contributed by atoms with Gasteiger partial charge in [-0.15, -0.1) is 0 Å². The zero-order valence-electron chi connectivity index (χ0n) is 15.1. The number of fused-ring (bicyclic) bond motifs is 3. The van der Waals surface area contributed by atoms with Gasteiger partial charge in [0.2, 0.25) is 0 Å². The van der Waals surface area contributed by atoms with Gasteiger partial charge in [0.1, 0.15) is 13.2 Å². The Kier molecular flexibility index (Phi) is 4.36. The third-order valence-corrected chi connectivity index (χ3v) is 6.26. The van der Waals surface area contributed by atoms with Crippen molar-refractivity contribution in [2.45, 2.75) is 43.4 Å². The maximum Gasteiger partial charge on any atom is 0.329 e. The second-order valence-corrected chi connectivity index (χ2v) is 8.08. The lowest BCUT2D eigenvalue weighted by atomic mass is 9.99. The van der Waals surface area contributed by atoms with Crippen molar-refractivity contribution in [2.75, 3.05) is 18.5 Å². The first-order chi connectivity index (χ1) is 13.3. The van der Waals surface area contributed by atoms with Gasteiger partial charge >= 0.3 is 6.03 Å². The van der Waals surface area contributed by atoms with Crippen LogP contribution in [0.2, 0.25) is 0 Å². The van der Waals surface area contributed by atoms with Crippen molar-refractivity contribution in [3.63, 3.8) is 0 Å². The zero-order chi connectivity index (χ0) is 18.2. The van der Waals surface area contributed by atoms with Crippen molar-refractivity contribution in [3.05, 3.63) is 46.5 Å². The Bertz CT molecular complexity index is 881. The van der Waals surface area contributed by atoms with Crippen LogP contribution in [0, 0.1) is 0 Å². The van der Waals surface area contributed by atoms with Crippen molar-refractivity contribution in [1.29, 1.82) is 0 Å². The summed E-state index contributed by atoms with van der Waals surface area (Å²) in [7, 11) is 0. The van der Waals surface area contributed by atoms with Crippen LogP contribution in [0.15, 0.2) is 29.2 Å². The highest BCUT2D eigenvalue weighted by Crippen LogP contribution is 2.39. The molecule has 3 aliphatic rings. The molecule has 0 saturated carbocycles. The maximum absolute atomic E-state index is 12.6. The van der Waals surface area contributed by atoms with E-state index in [1.54, 1.807) is 0 Å². The molecule has 0 radical (unpaired) electrons. The molecule has 1 aliphatic heterocycles. The molecule has 2 aliphatic carbocycles. The fourth-order valence-electron chi connectivity index (χ4n) is 4.30. The molecule has 2 amide bonds. The van der Waals surface area contributed by atoms with E-state index >= 15 is 0 Å². The summed E-state index contributed by atoms with van der Waals surface area (Å²) < 4.78 is 14.0. The first-order valence-corrected chi connectivity index (χ1v) is 10.4. The molecule has 5 nitrogen and oxygen atoms in total. The lowest BCUT2D eigenvalue weighted by Gasteiger charge is -2.19. The summed E-state index contributed by atoms with van der Waals surface area (Å²) in [4.78, 5) is 13.5. The molecule has 0 spiro atoms. The molecule has 0 unspecified atom stereocenters. The Hall–Kier alpha value is -2.34. The SMILES string of the molecule is O=C(NSc1ccc2c(c1)OCCO2)Nc1c2c(cc3c1CCC3)CCC2. The molecule has 0 fully saturated rings. The average molecular weight is 382 g/mol. The standard InChI is InChI=1S/C21H22N2O3S/c24-21(23-27-15-7-8-18-19(12-15)26-10-9-25-18)22-20-16-5-1-3-13(16)11-14-4-2-6-17(14)20/h7-8,11-12H,1-6,9-10H2,(H2,22,23,24). The number of hydrogen-bond acceptors (Lipinski definition) is 4. The van der Waals surface area contributed by atoms with Gasteiger partial charge in [-0.25, -0.2) is 4.79 Å². The van der Waals surface area contributed by atoms with Gasteiger partial charge in [0.25, 0.3) is 0 Å². The third-order valence-electron chi connectivity index (χ3n) is 5.49. The maximum atomic E-state index is 12.6. The smallest absolute Gasteiger partial charge is 0.329 e. The number of benzene rings is 2. The topological polar surface area (TPSA) is 59.6 Å². The monoisotopic (exact) mass is 382 g/mol. The highest BCUT2D eigenvalue weighted by atomic mass is 32.2. The van der Waals surface area contributed by atoms with E-state index in [-0.39, 0.29) is 6.03 Å². The van der Waals surface area contributed by atoms with Gasteiger partial charge in [-0.3, -0.25) is 4.72 Å². The Balaban J connectivity index is 1.29. The molecule has 0 bridgehead atoms. The van der Waals surface area contributed by atoms with E-state index in [1.807, 2.05) is 18.2 Å². The molecule has 0 saturated heterocycles. The number of urea groups is 1. The van der Waals surface area contributed by atoms with Crippen LogP contribution in [0.25, 0.3) is 0 Å². The number of anilines is 1. The molecular weight excluding hydrogens is 360 g/mol. The number of hydrogen-bond donors (Lipinski definition) is 2. The highest BCUT2D eigenvalue weighted by Gasteiger charge is 2.25. The lowest BCUT2D eigenvalue weighted by molar-refractivity contribution is 0.171. The second kappa shape index (κ2) is 7.00. The average Bonchev–Trinajstić information content (AvgIpc) is 3.35. The number of ether oxygens (including phenoxy) is 2.